The summed E-state index contributed by atoms with van der Waals surface area (Å²) in [6.07, 6.45) is 4.51. The summed E-state index contributed by atoms with van der Waals surface area (Å²) in [5.41, 5.74) is 0.868. The average Bonchev–Trinajstić information content (AvgIpc) is 2.39. The second kappa shape index (κ2) is 3.56. The Morgan fingerprint density at radius 2 is 1.82 bits per heavy atom. The molecule has 0 unspecified atom stereocenters. The summed E-state index contributed by atoms with van der Waals surface area (Å²) in [5, 5.41) is 0. The number of allylic oxidation sites excluding steroid dienone is 1. The van der Waals surface area contributed by atoms with Crippen molar-refractivity contribution in [1.82, 2.24) is 4.90 Å². The summed E-state index contributed by atoms with van der Waals surface area (Å²) in [4.78, 5) is 13.1. The van der Waals surface area contributed by atoms with Crippen LogP contribution in [-0.2, 0) is 4.79 Å². The number of likely N-dealkylation sites (tertiary alicyclic amines) is 1. The molecule has 62 valence electrons. The Morgan fingerprint density at radius 1 is 1.27 bits per heavy atom. The molecule has 2 heteroatoms. The molecule has 1 fully saturated rings. The van der Waals surface area contributed by atoms with E-state index in [4.69, 9.17) is 0 Å². The first kappa shape index (κ1) is 8.31. The molecule has 1 saturated heterocycles. The first-order valence-electron chi connectivity index (χ1n) is 4.13. The normalized spacial score (nSPS) is 19.1. The van der Waals surface area contributed by atoms with Crippen LogP contribution in [0.2, 0.25) is 0 Å². The topological polar surface area (TPSA) is 20.3 Å². The molecular formula is C9H15NO. The average molecular weight is 153 g/mol. The highest BCUT2D eigenvalue weighted by Gasteiger charge is 2.08. The minimum absolute atomic E-state index is 0.178. The van der Waals surface area contributed by atoms with Gasteiger partial charge in [0.25, 0.3) is 0 Å². The Balaban J connectivity index is 2.49. The number of hydrogen-bond donors (Lipinski definition) is 0. The first-order valence-corrected chi connectivity index (χ1v) is 4.13. The third-order valence-electron chi connectivity index (χ3n) is 2.07. The van der Waals surface area contributed by atoms with Crippen molar-refractivity contribution >= 4 is 5.78 Å². The van der Waals surface area contributed by atoms with Gasteiger partial charge in [0.2, 0.25) is 0 Å². The Hall–Kier alpha value is -0.790. The molecule has 1 heterocycles. The van der Waals surface area contributed by atoms with Gasteiger partial charge in [-0.25, -0.2) is 0 Å². The molecule has 0 saturated carbocycles. The smallest absolute Gasteiger partial charge is 0.156 e. The fourth-order valence-electron chi connectivity index (χ4n) is 1.24. The zero-order valence-electron chi connectivity index (χ0n) is 7.26. The van der Waals surface area contributed by atoms with Gasteiger partial charge in [-0.2, -0.15) is 0 Å². The minimum atomic E-state index is 0.178. The number of carbonyl (C=O) groups excluding carboxylic acids is 1. The first-order chi connectivity index (χ1) is 5.20. The second-order valence-corrected chi connectivity index (χ2v) is 3.11. The van der Waals surface area contributed by atoms with Gasteiger partial charge < -0.3 is 4.90 Å². The maximum Gasteiger partial charge on any atom is 0.156 e. The lowest BCUT2D eigenvalue weighted by Gasteiger charge is -2.11. The number of ketones is 1. The van der Waals surface area contributed by atoms with E-state index in [1.807, 2.05) is 13.1 Å². The maximum atomic E-state index is 10.8. The summed E-state index contributed by atoms with van der Waals surface area (Å²) >= 11 is 0. The molecule has 0 aromatic carbocycles. The number of nitrogens with zero attached hydrogens (tertiary/aromatic N) is 1. The third-order valence-corrected chi connectivity index (χ3v) is 2.07. The summed E-state index contributed by atoms with van der Waals surface area (Å²) in [7, 11) is 0. The van der Waals surface area contributed by atoms with Crippen molar-refractivity contribution < 1.29 is 4.79 Å². The van der Waals surface area contributed by atoms with E-state index in [1.54, 1.807) is 6.92 Å². The van der Waals surface area contributed by atoms with Gasteiger partial charge in [0.15, 0.2) is 5.78 Å². The lowest BCUT2D eigenvalue weighted by molar-refractivity contribution is -0.113. The van der Waals surface area contributed by atoms with E-state index in [0.717, 1.165) is 18.7 Å². The van der Waals surface area contributed by atoms with E-state index in [0.29, 0.717) is 0 Å². The summed E-state index contributed by atoms with van der Waals surface area (Å²) in [6, 6.07) is 0. The van der Waals surface area contributed by atoms with Crippen LogP contribution in [0.3, 0.4) is 0 Å². The van der Waals surface area contributed by atoms with Gasteiger partial charge in [-0.15, -0.1) is 0 Å². The van der Waals surface area contributed by atoms with Crippen molar-refractivity contribution in [2.45, 2.75) is 26.7 Å². The van der Waals surface area contributed by atoms with Crippen LogP contribution in [-0.4, -0.2) is 23.8 Å². The van der Waals surface area contributed by atoms with Crippen molar-refractivity contribution in [2.24, 2.45) is 0 Å². The van der Waals surface area contributed by atoms with E-state index >= 15 is 0 Å². The Kier molecular flexibility index (Phi) is 2.69. The molecule has 0 N–H and O–H groups in total. The van der Waals surface area contributed by atoms with Crippen molar-refractivity contribution in [2.75, 3.05) is 13.1 Å². The number of hydrogen-bond acceptors (Lipinski definition) is 2. The molecule has 11 heavy (non-hydrogen) atoms. The summed E-state index contributed by atoms with van der Waals surface area (Å²) in [6.45, 7) is 5.72. The van der Waals surface area contributed by atoms with E-state index in [1.165, 1.54) is 12.8 Å². The highest BCUT2D eigenvalue weighted by atomic mass is 16.1. The molecule has 2 nitrogen and oxygen atoms in total. The van der Waals surface area contributed by atoms with Crippen LogP contribution < -0.4 is 0 Å². The van der Waals surface area contributed by atoms with Gasteiger partial charge in [0.1, 0.15) is 0 Å². The van der Waals surface area contributed by atoms with Crippen LogP contribution >= 0.6 is 0 Å². The minimum Gasteiger partial charge on any atom is -0.377 e. The van der Waals surface area contributed by atoms with Crippen molar-refractivity contribution in [1.29, 1.82) is 0 Å². The second-order valence-electron chi connectivity index (χ2n) is 3.11. The largest absolute Gasteiger partial charge is 0.377 e. The molecule has 0 bridgehead atoms. The predicted molar refractivity (Wildman–Crippen MR) is 45.2 cm³/mol. The predicted octanol–water partition coefficient (Wildman–Crippen LogP) is 1.57. The molecule has 1 aliphatic heterocycles. The molecule has 0 aromatic heterocycles. The standard InChI is InChI=1S/C9H15NO/c1-8(9(2)11)7-10-5-3-4-6-10/h7H,3-6H2,1-2H3/b8-7+. The van der Waals surface area contributed by atoms with E-state index in [9.17, 15) is 4.79 Å². The van der Waals surface area contributed by atoms with E-state index in [2.05, 4.69) is 4.90 Å². The number of Topliss-reactive ketones (excluding diaryl/α,β-unsaturated/α-hetero) is 1. The van der Waals surface area contributed by atoms with Crippen LogP contribution in [0, 0.1) is 0 Å². The Morgan fingerprint density at radius 3 is 2.27 bits per heavy atom. The fraction of sp³-hybridized carbons (Fsp3) is 0.667. The van der Waals surface area contributed by atoms with E-state index < -0.39 is 0 Å². The van der Waals surface area contributed by atoms with E-state index in [-0.39, 0.29) is 5.78 Å². The summed E-state index contributed by atoms with van der Waals surface area (Å²) in [5.74, 6) is 0.178. The van der Waals surface area contributed by atoms with Gasteiger partial charge in [-0.05, 0) is 26.7 Å². The van der Waals surface area contributed by atoms with Crippen LogP contribution in [0.5, 0.6) is 0 Å². The van der Waals surface area contributed by atoms with Crippen molar-refractivity contribution in [3.63, 3.8) is 0 Å². The lowest BCUT2D eigenvalue weighted by Crippen LogP contribution is -2.12. The quantitative estimate of drug-likeness (QED) is 0.561. The number of rotatable bonds is 2. The maximum absolute atomic E-state index is 10.8. The van der Waals surface area contributed by atoms with Gasteiger partial charge in [-0.1, -0.05) is 0 Å². The highest BCUT2D eigenvalue weighted by Crippen LogP contribution is 2.09. The van der Waals surface area contributed by atoms with Crippen LogP contribution in [0.25, 0.3) is 0 Å². The SMILES string of the molecule is CC(=O)/C(C)=C/N1CCCC1. The zero-order chi connectivity index (χ0) is 8.27. The number of carbonyl (C=O) groups is 1. The third kappa shape index (κ3) is 2.37. The van der Waals surface area contributed by atoms with Gasteiger partial charge in [-0.3, -0.25) is 4.79 Å². The van der Waals surface area contributed by atoms with Crippen LogP contribution in [0.1, 0.15) is 26.7 Å². The molecule has 0 aliphatic carbocycles. The highest BCUT2D eigenvalue weighted by molar-refractivity contribution is 5.92. The van der Waals surface area contributed by atoms with Crippen LogP contribution in [0.4, 0.5) is 0 Å². The van der Waals surface area contributed by atoms with Gasteiger partial charge >= 0.3 is 0 Å². The van der Waals surface area contributed by atoms with Crippen molar-refractivity contribution in [3.8, 4) is 0 Å². The molecular weight excluding hydrogens is 138 g/mol. The molecule has 1 rings (SSSR count). The molecule has 0 radical (unpaired) electrons. The molecule has 0 spiro atoms. The van der Waals surface area contributed by atoms with Gasteiger partial charge in [0.05, 0.1) is 0 Å². The molecule has 0 aromatic rings. The van der Waals surface area contributed by atoms with Crippen molar-refractivity contribution in [3.05, 3.63) is 11.8 Å². The molecule has 1 aliphatic rings. The molecule has 0 amide bonds. The Bertz CT molecular complexity index is 178. The van der Waals surface area contributed by atoms with Gasteiger partial charge in [0, 0.05) is 24.9 Å². The monoisotopic (exact) mass is 153 g/mol. The van der Waals surface area contributed by atoms with Crippen LogP contribution in [0.15, 0.2) is 11.8 Å². The summed E-state index contributed by atoms with van der Waals surface area (Å²) < 4.78 is 0. The molecule has 0 atom stereocenters. The fourth-order valence-corrected chi connectivity index (χ4v) is 1.24. The lowest BCUT2D eigenvalue weighted by atomic mass is 10.2. The Labute approximate surface area is 67.9 Å². The zero-order valence-corrected chi connectivity index (χ0v) is 7.26.